The molecule has 5 heteroatoms. The number of methoxy groups -OCH3 is 1. The number of aromatic nitrogens is 2. The molecule has 1 aromatic carbocycles. The summed E-state index contributed by atoms with van der Waals surface area (Å²) in [5.74, 6) is 2.57. The summed E-state index contributed by atoms with van der Waals surface area (Å²) in [6.07, 6.45) is 2.65. The van der Waals surface area contributed by atoms with E-state index in [9.17, 15) is 0 Å². The van der Waals surface area contributed by atoms with E-state index in [1.807, 2.05) is 43.1 Å². The van der Waals surface area contributed by atoms with Gasteiger partial charge in [0, 0.05) is 19.2 Å². The summed E-state index contributed by atoms with van der Waals surface area (Å²) in [7, 11) is 3.66. The lowest BCUT2D eigenvalue weighted by Gasteiger charge is -2.23. The molecular weight excluding hydrogens is 264 g/mol. The van der Waals surface area contributed by atoms with Crippen LogP contribution in [-0.4, -0.2) is 30.7 Å². The summed E-state index contributed by atoms with van der Waals surface area (Å²) in [5, 5.41) is 3.33. The molecule has 1 N–H and O–H groups in total. The van der Waals surface area contributed by atoms with Crippen molar-refractivity contribution >= 4 is 17.3 Å². The van der Waals surface area contributed by atoms with E-state index < -0.39 is 0 Å². The molecule has 0 bridgehead atoms. The van der Waals surface area contributed by atoms with Crippen molar-refractivity contribution in [3.8, 4) is 5.75 Å². The second-order valence-electron chi connectivity index (χ2n) is 4.83. The fourth-order valence-electron chi connectivity index (χ4n) is 2.22. The Morgan fingerprint density at radius 1 is 1.24 bits per heavy atom. The third-order valence-electron chi connectivity index (χ3n) is 3.36. The van der Waals surface area contributed by atoms with Crippen molar-refractivity contribution in [3.05, 3.63) is 36.2 Å². The minimum atomic E-state index is 0.820. The Bertz CT molecular complexity index is 601. The predicted molar refractivity (Wildman–Crippen MR) is 86.6 cm³/mol. The van der Waals surface area contributed by atoms with E-state index in [2.05, 4.69) is 22.2 Å². The van der Waals surface area contributed by atoms with Crippen LogP contribution in [0.2, 0.25) is 0 Å². The predicted octanol–water partition coefficient (Wildman–Crippen LogP) is 3.38. The average Bonchev–Trinajstić information content (AvgIpc) is 2.53. The first-order valence-corrected chi connectivity index (χ1v) is 7.11. The molecule has 0 spiro atoms. The van der Waals surface area contributed by atoms with Gasteiger partial charge in [0.2, 0.25) is 0 Å². The van der Waals surface area contributed by atoms with Crippen LogP contribution in [0.1, 0.15) is 18.9 Å². The van der Waals surface area contributed by atoms with Crippen LogP contribution in [0.25, 0.3) is 0 Å². The van der Waals surface area contributed by atoms with Crippen molar-refractivity contribution in [2.24, 2.45) is 0 Å². The molecule has 2 rings (SSSR count). The fraction of sp³-hybridized carbons (Fsp3) is 0.375. The number of hydrogen-bond donors (Lipinski definition) is 1. The van der Waals surface area contributed by atoms with Crippen LogP contribution in [0.5, 0.6) is 5.75 Å². The van der Waals surface area contributed by atoms with E-state index in [0.717, 1.165) is 41.6 Å². The molecule has 1 aromatic heterocycles. The zero-order valence-corrected chi connectivity index (χ0v) is 13.1. The highest BCUT2D eigenvalue weighted by molar-refractivity contribution is 5.70. The van der Waals surface area contributed by atoms with Gasteiger partial charge in [-0.3, -0.25) is 0 Å². The van der Waals surface area contributed by atoms with Crippen LogP contribution in [0.15, 0.2) is 30.6 Å². The third-order valence-corrected chi connectivity index (χ3v) is 3.36. The van der Waals surface area contributed by atoms with Gasteiger partial charge in [0.05, 0.1) is 12.8 Å². The number of ether oxygens (including phenoxy) is 1. The highest BCUT2D eigenvalue weighted by Gasteiger charge is 2.15. The lowest BCUT2D eigenvalue weighted by molar-refractivity contribution is 0.415. The minimum Gasteiger partial charge on any atom is -0.495 e. The Labute approximate surface area is 126 Å². The number of anilines is 3. The zero-order valence-electron chi connectivity index (χ0n) is 13.1. The molecule has 0 aliphatic carbocycles. The van der Waals surface area contributed by atoms with Gasteiger partial charge in [-0.15, -0.1) is 0 Å². The van der Waals surface area contributed by atoms with Crippen LogP contribution in [0.4, 0.5) is 17.3 Å². The average molecular weight is 286 g/mol. The largest absolute Gasteiger partial charge is 0.495 e. The van der Waals surface area contributed by atoms with Crippen LogP contribution >= 0.6 is 0 Å². The molecule has 0 aliphatic heterocycles. The molecule has 0 unspecified atom stereocenters. The Kier molecular flexibility index (Phi) is 4.98. The molecule has 0 radical (unpaired) electrons. The first-order chi connectivity index (χ1) is 10.2. The number of benzene rings is 1. The maximum atomic E-state index is 5.42. The molecular formula is C16H22N4O. The van der Waals surface area contributed by atoms with E-state index in [-0.39, 0.29) is 0 Å². The first-order valence-electron chi connectivity index (χ1n) is 7.11. The zero-order chi connectivity index (χ0) is 15.2. The van der Waals surface area contributed by atoms with Crippen LogP contribution < -0.4 is 15.0 Å². The van der Waals surface area contributed by atoms with Crippen LogP contribution in [-0.2, 0) is 0 Å². The van der Waals surface area contributed by atoms with Crippen LogP contribution in [0, 0.1) is 6.92 Å². The summed E-state index contributed by atoms with van der Waals surface area (Å²) in [4.78, 5) is 10.8. The summed E-state index contributed by atoms with van der Waals surface area (Å²) in [6.45, 7) is 5.06. The topological polar surface area (TPSA) is 50.3 Å². The summed E-state index contributed by atoms with van der Waals surface area (Å²) >= 11 is 0. The van der Waals surface area contributed by atoms with E-state index in [4.69, 9.17) is 4.74 Å². The van der Waals surface area contributed by atoms with Gasteiger partial charge in [0.1, 0.15) is 23.7 Å². The second-order valence-corrected chi connectivity index (χ2v) is 4.83. The van der Waals surface area contributed by atoms with E-state index in [1.165, 1.54) is 0 Å². The van der Waals surface area contributed by atoms with Crippen molar-refractivity contribution in [2.45, 2.75) is 20.3 Å². The highest BCUT2D eigenvalue weighted by Crippen LogP contribution is 2.33. The van der Waals surface area contributed by atoms with Gasteiger partial charge in [-0.2, -0.15) is 0 Å². The molecule has 21 heavy (non-hydrogen) atoms. The van der Waals surface area contributed by atoms with Crippen LogP contribution in [0.3, 0.4) is 0 Å². The second kappa shape index (κ2) is 6.92. The maximum Gasteiger partial charge on any atom is 0.142 e. The number of nitrogens with one attached hydrogen (secondary N) is 1. The normalized spacial score (nSPS) is 10.3. The van der Waals surface area contributed by atoms with Gasteiger partial charge in [0.25, 0.3) is 0 Å². The van der Waals surface area contributed by atoms with E-state index in [0.29, 0.717) is 0 Å². The SMILES string of the molecule is CCCNc1ncnc(N(C)c2ccccc2OC)c1C. The van der Waals surface area contributed by atoms with Crippen molar-refractivity contribution < 1.29 is 4.74 Å². The van der Waals surface area contributed by atoms with E-state index >= 15 is 0 Å². The standard InChI is InChI=1S/C16H22N4O/c1-5-10-17-15-12(2)16(19-11-18-15)20(3)13-8-6-7-9-14(13)21-4/h6-9,11H,5,10H2,1-4H3,(H,17,18,19). The lowest BCUT2D eigenvalue weighted by Crippen LogP contribution is -2.15. The Hall–Kier alpha value is -2.30. The fourth-order valence-corrected chi connectivity index (χ4v) is 2.22. The molecule has 0 atom stereocenters. The molecule has 2 aromatic rings. The summed E-state index contributed by atoms with van der Waals surface area (Å²) in [6, 6.07) is 7.90. The summed E-state index contributed by atoms with van der Waals surface area (Å²) in [5.41, 5.74) is 2.00. The molecule has 0 aliphatic rings. The Morgan fingerprint density at radius 3 is 2.71 bits per heavy atom. The van der Waals surface area contributed by atoms with Gasteiger partial charge in [0.15, 0.2) is 0 Å². The molecule has 1 heterocycles. The van der Waals surface area contributed by atoms with Crippen molar-refractivity contribution in [2.75, 3.05) is 30.9 Å². The Morgan fingerprint density at radius 2 is 2.00 bits per heavy atom. The molecule has 0 fully saturated rings. The number of hydrogen-bond acceptors (Lipinski definition) is 5. The van der Waals surface area contributed by atoms with Gasteiger partial charge >= 0.3 is 0 Å². The minimum absolute atomic E-state index is 0.820. The molecule has 0 amide bonds. The van der Waals surface area contributed by atoms with Gasteiger partial charge in [-0.05, 0) is 25.5 Å². The lowest BCUT2D eigenvalue weighted by atomic mass is 10.2. The molecule has 5 nitrogen and oxygen atoms in total. The molecule has 112 valence electrons. The molecule has 0 saturated carbocycles. The van der Waals surface area contributed by atoms with Crippen molar-refractivity contribution in [1.29, 1.82) is 0 Å². The quantitative estimate of drug-likeness (QED) is 0.882. The number of rotatable bonds is 6. The Balaban J connectivity index is 2.37. The van der Waals surface area contributed by atoms with Gasteiger partial charge < -0.3 is 15.0 Å². The van der Waals surface area contributed by atoms with Crippen molar-refractivity contribution in [1.82, 2.24) is 9.97 Å². The highest BCUT2D eigenvalue weighted by atomic mass is 16.5. The van der Waals surface area contributed by atoms with E-state index in [1.54, 1.807) is 13.4 Å². The number of nitrogens with zero attached hydrogens (tertiary/aromatic N) is 3. The molecule has 0 saturated heterocycles. The van der Waals surface area contributed by atoms with Gasteiger partial charge in [-0.25, -0.2) is 9.97 Å². The monoisotopic (exact) mass is 286 g/mol. The van der Waals surface area contributed by atoms with Gasteiger partial charge in [-0.1, -0.05) is 19.1 Å². The smallest absolute Gasteiger partial charge is 0.142 e. The third kappa shape index (κ3) is 3.24. The number of para-hydroxylation sites is 2. The summed E-state index contributed by atoms with van der Waals surface area (Å²) < 4.78 is 5.42. The first kappa shape index (κ1) is 15.1. The van der Waals surface area contributed by atoms with Crippen molar-refractivity contribution in [3.63, 3.8) is 0 Å². The maximum absolute atomic E-state index is 5.42.